The molecule has 2 heterocycles. The summed E-state index contributed by atoms with van der Waals surface area (Å²) in [6.45, 7) is -0.0203. The van der Waals surface area contributed by atoms with Gasteiger partial charge in [-0.25, -0.2) is 0 Å². The summed E-state index contributed by atoms with van der Waals surface area (Å²) in [6.07, 6.45) is 3.45. The largest absolute Gasteiger partial charge is 0.497 e. The lowest BCUT2D eigenvalue weighted by molar-refractivity contribution is -0.135. The van der Waals surface area contributed by atoms with E-state index < -0.39 is 6.04 Å². The molecule has 26 heavy (non-hydrogen) atoms. The lowest BCUT2D eigenvalue weighted by Gasteiger charge is -2.35. The van der Waals surface area contributed by atoms with E-state index in [0.29, 0.717) is 11.3 Å². The number of aliphatic hydroxyl groups excluding tert-OH is 1. The molecule has 0 spiro atoms. The maximum absolute atomic E-state index is 13.3. The molecule has 138 valence electrons. The predicted molar refractivity (Wildman–Crippen MR) is 93.4 cm³/mol. The van der Waals surface area contributed by atoms with Crippen LogP contribution in [0, 0.1) is 5.92 Å². The molecule has 0 bridgehead atoms. The highest BCUT2D eigenvalue weighted by atomic mass is 16.5. The number of carbonyl (C=O) groups excluding carboxylic acids is 2. The number of aliphatic hydroxyl groups is 1. The Kier molecular flexibility index (Phi) is 4.44. The van der Waals surface area contributed by atoms with E-state index in [1.54, 1.807) is 7.11 Å². The van der Waals surface area contributed by atoms with Gasteiger partial charge in [-0.2, -0.15) is 0 Å². The van der Waals surface area contributed by atoms with Crippen LogP contribution in [0.15, 0.2) is 35.6 Å². The third-order valence-electron chi connectivity index (χ3n) is 5.61. The highest BCUT2D eigenvalue weighted by Crippen LogP contribution is 2.46. The number of Topliss-reactive ketones (excluding diaryl/α,β-unsaturated/α-hetero) is 1. The lowest BCUT2D eigenvalue weighted by atomic mass is 9.77. The molecule has 4 rings (SSSR count). The molecule has 1 N–H and O–H groups in total. The van der Waals surface area contributed by atoms with Crippen molar-refractivity contribution >= 4 is 11.7 Å². The number of methoxy groups -OCH3 is 1. The fourth-order valence-corrected chi connectivity index (χ4v) is 4.39. The molecule has 1 aliphatic carbocycles. The van der Waals surface area contributed by atoms with Crippen LogP contribution in [0.2, 0.25) is 0 Å². The Morgan fingerprint density at radius 3 is 2.85 bits per heavy atom. The van der Waals surface area contributed by atoms with Crippen LogP contribution in [0.5, 0.6) is 5.75 Å². The standard InChI is InChI=1S/C20H23NO5/c1-25-13-6-4-5-12(11-13)17-16-18(23)14-7-2-3-8-15(14)26-19(16)20(24)21(17)9-10-22/h4-6,11,14-15,17,22H,2-3,7-10H2,1H3. The van der Waals surface area contributed by atoms with Crippen molar-refractivity contribution in [3.8, 4) is 5.75 Å². The van der Waals surface area contributed by atoms with E-state index in [2.05, 4.69) is 0 Å². The SMILES string of the molecule is COc1cccc(C2C3=C(OC4CCCCC4C3=O)C(=O)N2CCO)c1. The van der Waals surface area contributed by atoms with Crippen molar-refractivity contribution in [2.24, 2.45) is 5.92 Å². The number of rotatable bonds is 4. The van der Waals surface area contributed by atoms with E-state index in [-0.39, 0.29) is 42.6 Å². The molecule has 1 saturated carbocycles. The highest BCUT2D eigenvalue weighted by Gasteiger charge is 2.51. The molecule has 0 saturated heterocycles. The summed E-state index contributed by atoms with van der Waals surface area (Å²) in [5.74, 6) is 0.390. The number of nitrogens with zero attached hydrogens (tertiary/aromatic N) is 1. The van der Waals surface area contributed by atoms with Crippen molar-refractivity contribution in [3.05, 3.63) is 41.2 Å². The van der Waals surface area contributed by atoms with Gasteiger partial charge in [0.1, 0.15) is 11.9 Å². The Morgan fingerprint density at radius 1 is 1.27 bits per heavy atom. The summed E-state index contributed by atoms with van der Waals surface area (Å²) in [5, 5.41) is 9.45. The van der Waals surface area contributed by atoms with Gasteiger partial charge in [0.15, 0.2) is 11.5 Å². The van der Waals surface area contributed by atoms with Crippen molar-refractivity contribution in [1.82, 2.24) is 4.90 Å². The zero-order valence-electron chi connectivity index (χ0n) is 14.8. The summed E-state index contributed by atoms with van der Waals surface area (Å²) < 4.78 is 11.3. The van der Waals surface area contributed by atoms with Crippen LogP contribution in [-0.4, -0.2) is 48.1 Å². The molecule has 6 nitrogen and oxygen atoms in total. The lowest BCUT2D eigenvalue weighted by Crippen LogP contribution is -2.39. The molecule has 2 aliphatic heterocycles. The minimum absolute atomic E-state index is 0.0255. The summed E-state index contributed by atoms with van der Waals surface area (Å²) in [5.41, 5.74) is 1.24. The van der Waals surface area contributed by atoms with Gasteiger partial charge in [0.25, 0.3) is 5.91 Å². The molecule has 3 aliphatic rings. The first-order valence-electron chi connectivity index (χ1n) is 9.16. The molecule has 1 aromatic rings. The fraction of sp³-hybridized carbons (Fsp3) is 0.500. The first kappa shape index (κ1) is 17.1. The van der Waals surface area contributed by atoms with E-state index in [0.717, 1.165) is 31.2 Å². The first-order chi connectivity index (χ1) is 12.7. The van der Waals surface area contributed by atoms with Gasteiger partial charge in [-0.05, 0) is 37.0 Å². The van der Waals surface area contributed by atoms with Gasteiger partial charge in [-0.1, -0.05) is 18.6 Å². The second-order valence-corrected chi connectivity index (χ2v) is 7.06. The van der Waals surface area contributed by atoms with E-state index >= 15 is 0 Å². The molecular formula is C20H23NO5. The quantitative estimate of drug-likeness (QED) is 0.892. The third-order valence-corrected chi connectivity index (χ3v) is 5.61. The zero-order chi connectivity index (χ0) is 18.3. The molecule has 1 fully saturated rings. The van der Waals surface area contributed by atoms with Crippen molar-refractivity contribution in [1.29, 1.82) is 0 Å². The Morgan fingerprint density at radius 2 is 2.08 bits per heavy atom. The number of ketones is 1. The molecule has 1 aromatic carbocycles. The number of fused-ring (bicyclic) bond motifs is 1. The zero-order valence-corrected chi connectivity index (χ0v) is 14.8. The maximum Gasteiger partial charge on any atom is 0.290 e. The maximum atomic E-state index is 13.3. The van der Waals surface area contributed by atoms with Crippen LogP contribution in [0.1, 0.15) is 37.3 Å². The molecule has 0 radical (unpaired) electrons. The van der Waals surface area contributed by atoms with Crippen LogP contribution < -0.4 is 4.74 Å². The number of amides is 1. The first-order valence-corrected chi connectivity index (χ1v) is 9.16. The monoisotopic (exact) mass is 357 g/mol. The Bertz CT molecular complexity index is 771. The molecule has 1 amide bonds. The molecule has 6 heteroatoms. The van der Waals surface area contributed by atoms with Gasteiger partial charge in [0.05, 0.1) is 31.2 Å². The fourth-order valence-electron chi connectivity index (χ4n) is 4.39. The Hall–Kier alpha value is -2.34. The number of hydrogen-bond acceptors (Lipinski definition) is 5. The average molecular weight is 357 g/mol. The van der Waals surface area contributed by atoms with E-state index in [9.17, 15) is 14.7 Å². The molecule has 3 atom stereocenters. The van der Waals surface area contributed by atoms with Gasteiger partial charge < -0.3 is 19.5 Å². The summed E-state index contributed by atoms with van der Waals surface area (Å²) >= 11 is 0. The molecule has 0 aromatic heterocycles. The van der Waals surface area contributed by atoms with Crippen LogP contribution >= 0.6 is 0 Å². The van der Waals surface area contributed by atoms with E-state index in [4.69, 9.17) is 9.47 Å². The number of β-amino-alcohol motifs (C(OH)–C–C–N with tert-alkyl or cyclic N) is 1. The highest BCUT2D eigenvalue weighted by molar-refractivity contribution is 6.11. The minimum Gasteiger partial charge on any atom is -0.497 e. The van der Waals surface area contributed by atoms with Gasteiger partial charge in [-0.3, -0.25) is 9.59 Å². The smallest absolute Gasteiger partial charge is 0.290 e. The molecular weight excluding hydrogens is 334 g/mol. The second-order valence-electron chi connectivity index (χ2n) is 7.06. The van der Waals surface area contributed by atoms with Crippen molar-refractivity contribution in [2.45, 2.75) is 37.8 Å². The summed E-state index contributed by atoms with van der Waals surface area (Å²) in [4.78, 5) is 27.7. The molecule has 3 unspecified atom stereocenters. The van der Waals surface area contributed by atoms with E-state index in [1.165, 1.54) is 4.90 Å². The van der Waals surface area contributed by atoms with Crippen molar-refractivity contribution in [2.75, 3.05) is 20.3 Å². The Balaban J connectivity index is 1.80. The van der Waals surface area contributed by atoms with Gasteiger partial charge in [-0.15, -0.1) is 0 Å². The van der Waals surface area contributed by atoms with Gasteiger partial charge in [0.2, 0.25) is 0 Å². The number of carbonyl (C=O) groups is 2. The summed E-state index contributed by atoms with van der Waals surface area (Å²) in [7, 11) is 1.58. The number of ether oxygens (including phenoxy) is 2. The van der Waals surface area contributed by atoms with Crippen molar-refractivity contribution in [3.63, 3.8) is 0 Å². The van der Waals surface area contributed by atoms with Crippen LogP contribution in [0.25, 0.3) is 0 Å². The predicted octanol–water partition coefficient (Wildman–Crippen LogP) is 1.98. The topological polar surface area (TPSA) is 76.1 Å². The van der Waals surface area contributed by atoms with Crippen molar-refractivity contribution < 1.29 is 24.2 Å². The average Bonchev–Trinajstić information content (AvgIpc) is 2.95. The Labute approximate surface area is 152 Å². The van der Waals surface area contributed by atoms with Crippen LogP contribution in [0.4, 0.5) is 0 Å². The number of benzene rings is 1. The summed E-state index contributed by atoms with van der Waals surface area (Å²) in [6, 6.07) is 6.84. The minimum atomic E-state index is -0.532. The van der Waals surface area contributed by atoms with Crippen LogP contribution in [0.3, 0.4) is 0 Å². The third kappa shape index (κ3) is 2.60. The number of hydrogen-bond donors (Lipinski definition) is 1. The second kappa shape index (κ2) is 6.76. The van der Waals surface area contributed by atoms with Gasteiger partial charge >= 0.3 is 0 Å². The van der Waals surface area contributed by atoms with E-state index in [1.807, 2.05) is 24.3 Å². The normalized spacial score (nSPS) is 27.9. The van der Waals surface area contributed by atoms with Crippen LogP contribution in [-0.2, 0) is 14.3 Å². The van der Waals surface area contributed by atoms with Gasteiger partial charge in [0, 0.05) is 6.54 Å².